The smallest absolute Gasteiger partial charge is 0.264 e. The predicted octanol–water partition coefficient (Wildman–Crippen LogP) is 3.80. The summed E-state index contributed by atoms with van der Waals surface area (Å²) in [6.07, 6.45) is 1.47. The van der Waals surface area contributed by atoms with Crippen LogP contribution in [0.15, 0.2) is 93.3 Å². The lowest BCUT2D eigenvalue weighted by Crippen LogP contribution is -2.39. The third kappa shape index (κ3) is 5.93. The molecule has 0 unspecified atom stereocenters. The number of anilines is 1. The molecule has 0 atom stereocenters. The summed E-state index contributed by atoms with van der Waals surface area (Å²) in [6.45, 7) is -0.432. The number of methoxy groups -OCH3 is 1. The molecule has 7 nitrogen and oxygen atoms in total. The van der Waals surface area contributed by atoms with Crippen LogP contribution in [0.5, 0.6) is 5.75 Å². The Morgan fingerprint density at radius 2 is 1.68 bits per heavy atom. The summed E-state index contributed by atoms with van der Waals surface area (Å²) in [5.74, 6) is 0.129. The van der Waals surface area contributed by atoms with Gasteiger partial charge in [0.05, 0.1) is 23.9 Å². The number of benzene rings is 3. The van der Waals surface area contributed by atoms with Gasteiger partial charge in [-0.3, -0.25) is 9.10 Å². The lowest BCUT2D eigenvalue weighted by molar-refractivity contribution is -0.119. The van der Waals surface area contributed by atoms with Crippen LogP contribution in [-0.2, 0) is 14.8 Å². The number of hydrogen-bond acceptors (Lipinski definition) is 5. The van der Waals surface area contributed by atoms with E-state index in [-0.39, 0.29) is 4.90 Å². The quantitative estimate of drug-likeness (QED) is 0.375. The van der Waals surface area contributed by atoms with E-state index < -0.39 is 22.5 Å². The van der Waals surface area contributed by atoms with Crippen LogP contribution in [0.4, 0.5) is 5.69 Å². The number of ether oxygens (including phenoxy) is 1. The molecule has 0 saturated carbocycles. The molecular weight excluding hydrogens is 482 g/mol. The zero-order valence-electron chi connectivity index (χ0n) is 16.6. The molecule has 0 aliphatic heterocycles. The molecule has 3 aromatic carbocycles. The maximum absolute atomic E-state index is 13.2. The van der Waals surface area contributed by atoms with Gasteiger partial charge in [-0.15, -0.1) is 0 Å². The zero-order chi connectivity index (χ0) is 22.3. The van der Waals surface area contributed by atoms with Crippen molar-refractivity contribution in [3.8, 4) is 5.75 Å². The fourth-order valence-electron chi connectivity index (χ4n) is 2.68. The molecule has 0 bridgehead atoms. The van der Waals surface area contributed by atoms with Crippen LogP contribution in [0.2, 0.25) is 0 Å². The van der Waals surface area contributed by atoms with Gasteiger partial charge in [-0.05, 0) is 66.2 Å². The van der Waals surface area contributed by atoms with Gasteiger partial charge < -0.3 is 4.74 Å². The van der Waals surface area contributed by atoms with Crippen molar-refractivity contribution in [3.63, 3.8) is 0 Å². The third-order valence-electron chi connectivity index (χ3n) is 4.25. The molecule has 0 aliphatic rings. The van der Waals surface area contributed by atoms with Crippen molar-refractivity contribution in [1.82, 2.24) is 5.43 Å². The van der Waals surface area contributed by atoms with E-state index in [1.54, 1.807) is 73.8 Å². The Kier molecular flexibility index (Phi) is 7.43. The molecule has 160 valence electrons. The van der Waals surface area contributed by atoms with Gasteiger partial charge in [0.25, 0.3) is 15.9 Å². The number of hydrazone groups is 1. The number of halogens is 1. The second kappa shape index (κ2) is 10.2. The molecule has 0 saturated heterocycles. The van der Waals surface area contributed by atoms with E-state index in [1.807, 2.05) is 0 Å². The molecule has 0 aliphatic carbocycles. The standard InChI is InChI=1S/C22H20BrN3O4S/c1-30-20-13-7-17(8-14-20)15-24-25-22(27)16-26(19-11-9-18(23)10-12-19)31(28,29)21-5-3-2-4-6-21/h2-15H,16H2,1H3,(H,25,27). The Labute approximate surface area is 189 Å². The Bertz CT molecular complexity index is 1150. The summed E-state index contributed by atoms with van der Waals surface area (Å²) in [5, 5.41) is 3.92. The van der Waals surface area contributed by atoms with E-state index in [2.05, 4.69) is 26.5 Å². The topological polar surface area (TPSA) is 88.1 Å². The third-order valence-corrected chi connectivity index (χ3v) is 6.57. The fraction of sp³-hybridized carbons (Fsp3) is 0.0909. The maximum atomic E-state index is 13.2. The van der Waals surface area contributed by atoms with Crippen molar-refractivity contribution < 1.29 is 17.9 Å². The number of carbonyl (C=O) groups is 1. The van der Waals surface area contributed by atoms with Crippen molar-refractivity contribution in [2.45, 2.75) is 4.90 Å². The number of nitrogens with one attached hydrogen (secondary N) is 1. The van der Waals surface area contributed by atoms with E-state index >= 15 is 0 Å². The normalized spacial score (nSPS) is 11.3. The van der Waals surface area contributed by atoms with Crippen LogP contribution in [0.3, 0.4) is 0 Å². The highest BCUT2D eigenvalue weighted by Gasteiger charge is 2.27. The van der Waals surface area contributed by atoms with Gasteiger partial charge in [0.15, 0.2) is 0 Å². The molecule has 31 heavy (non-hydrogen) atoms. The van der Waals surface area contributed by atoms with E-state index in [9.17, 15) is 13.2 Å². The number of rotatable bonds is 8. The van der Waals surface area contributed by atoms with E-state index in [0.717, 1.165) is 14.3 Å². The average Bonchev–Trinajstić information content (AvgIpc) is 2.79. The van der Waals surface area contributed by atoms with Gasteiger partial charge in [-0.2, -0.15) is 5.10 Å². The number of amides is 1. The molecule has 0 fully saturated rings. The summed E-state index contributed by atoms with van der Waals surface area (Å²) in [7, 11) is -2.38. The summed E-state index contributed by atoms with van der Waals surface area (Å²) < 4.78 is 33.3. The Hall–Kier alpha value is -3.17. The number of carbonyl (C=O) groups excluding carboxylic acids is 1. The summed E-state index contributed by atoms with van der Waals surface area (Å²) in [4.78, 5) is 12.6. The van der Waals surface area contributed by atoms with Crippen LogP contribution >= 0.6 is 15.9 Å². The Morgan fingerprint density at radius 1 is 1.03 bits per heavy atom. The van der Waals surface area contributed by atoms with Crippen molar-refractivity contribution in [3.05, 3.63) is 88.9 Å². The van der Waals surface area contributed by atoms with Crippen LogP contribution in [0, 0.1) is 0 Å². The number of sulfonamides is 1. The summed E-state index contributed by atoms with van der Waals surface area (Å²) in [5.41, 5.74) is 3.49. The van der Waals surface area contributed by atoms with E-state index in [0.29, 0.717) is 11.4 Å². The van der Waals surface area contributed by atoms with Crippen LogP contribution in [0.1, 0.15) is 5.56 Å². The molecule has 3 aromatic rings. The van der Waals surface area contributed by atoms with Gasteiger partial charge in [-0.25, -0.2) is 13.8 Å². The van der Waals surface area contributed by atoms with Crippen molar-refractivity contribution in [2.24, 2.45) is 5.10 Å². The molecule has 0 aromatic heterocycles. The first kappa shape index (κ1) is 22.5. The van der Waals surface area contributed by atoms with Crippen LogP contribution < -0.4 is 14.5 Å². The van der Waals surface area contributed by atoms with Crippen LogP contribution in [0.25, 0.3) is 0 Å². The van der Waals surface area contributed by atoms with Gasteiger partial charge in [0.2, 0.25) is 0 Å². The minimum atomic E-state index is -3.96. The second-order valence-corrected chi connectivity index (χ2v) is 9.15. The molecule has 0 radical (unpaired) electrons. The second-order valence-electron chi connectivity index (χ2n) is 6.37. The monoisotopic (exact) mass is 501 g/mol. The number of nitrogens with zero attached hydrogens (tertiary/aromatic N) is 2. The maximum Gasteiger partial charge on any atom is 0.264 e. The van der Waals surface area contributed by atoms with Crippen LogP contribution in [-0.4, -0.2) is 34.2 Å². The summed E-state index contributed by atoms with van der Waals surface area (Å²) >= 11 is 3.33. The van der Waals surface area contributed by atoms with Gasteiger partial charge >= 0.3 is 0 Å². The molecular formula is C22H20BrN3O4S. The first-order valence-corrected chi connectivity index (χ1v) is 11.4. The molecule has 9 heteroatoms. The average molecular weight is 502 g/mol. The van der Waals surface area contributed by atoms with Crippen molar-refractivity contribution in [2.75, 3.05) is 18.0 Å². The minimum absolute atomic E-state index is 0.0902. The number of hydrogen-bond donors (Lipinski definition) is 1. The predicted molar refractivity (Wildman–Crippen MR) is 124 cm³/mol. The van der Waals surface area contributed by atoms with E-state index in [1.165, 1.54) is 18.3 Å². The van der Waals surface area contributed by atoms with Gasteiger partial charge in [0, 0.05) is 4.47 Å². The largest absolute Gasteiger partial charge is 0.497 e. The first-order valence-electron chi connectivity index (χ1n) is 9.19. The molecule has 3 rings (SSSR count). The highest BCUT2D eigenvalue weighted by Crippen LogP contribution is 2.25. The summed E-state index contributed by atoms with van der Waals surface area (Å²) in [6, 6.07) is 21.7. The fourth-order valence-corrected chi connectivity index (χ4v) is 4.38. The van der Waals surface area contributed by atoms with Crippen molar-refractivity contribution in [1.29, 1.82) is 0 Å². The lowest BCUT2D eigenvalue weighted by atomic mass is 10.2. The zero-order valence-corrected chi connectivity index (χ0v) is 19.0. The molecule has 1 N–H and O–H groups in total. The first-order chi connectivity index (χ1) is 14.9. The van der Waals surface area contributed by atoms with Gasteiger partial charge in [0.1, 0.15) is 12.3 Å². The van der Waals surface area contributed by atoms with Crippen molar-refractivity contribution >= 4 is 43.8 Å². The molecule has 0 heterocycles. The molecule has 1 amide bonds. The minimum Gasteiger partial charge on any atom is -0.497 e. The Balaban J connectivity index is 1.78. The van der Waals surface area contributed by atoms with Gasteiger partial charge in [-0.1, -0.05) is 34.1 Å². The Morgan fingerprint density at radius 3 is 2.29 bits per heavy atom. The highest BCUT2D eigenvalue weighted by atomic mass is 79.9. The SMILES string of the molecule is COc1ccc(C=NNC(=O)CN(c2ccc(Br)cc2)S(=O)(=O)c2ccccc2)cc1. The lowest BCUT2D eigenvalue weighted by Gasteiger charge is -2.23. The molecule has 0 spiro atoms. The van der Waals surface area contributed by atoms with E-state index in [4.69, 9.17) is 4.74 Å². The highest BCUT2D eigenvalue weighted by molar-refractivity contribution is 9.10.